The fraction of sp³-hybridized carbons (Fsp3) is 0.826. The fourth-order valence-corrected chi connectivity index (χ4v) is 5.29. The molecule has 2 aliphatic rings. The second-order valence-corrected chi connectivity index (χ2v) is 15.4. The van der Waals surface area contributed by atoms with Crippen molar-refractivity contribution in [3.05, 3.63) is 23.8 Å². The average Bonchev–Trinajstić information content (AvgIpc) is 2.51. The maximum Gasteiger partial charge on any atom is 0.191 e. The van der Waals surface area contributed by atoms with E-state index in [1.165, 1.54) is 24.8 Å². The third-order valence-electron chi connectivity index (χ3n) is 7.51. The Morgan fingerprint density at radius 2 is 1.92 bits per heavy atom. The summed E-state index contributed by atoms with van der Waals surface area (Å²) in [4.78, 5) is 0. The quantitative estimate of drug-likeness (QED) is 0.415. The summed E-state index contributed by atoms with van der Waals surface area (Å²) < 4.78 is 6.41. The molecule has 0 radical (unpaired) electrons. The van der Waals surface area contributed by atoms with Crippen LogP contribution in [0.5, 0.6) is 0 Å². The lowest BCUT2D eigenvalue weighted by molar-refractivity contribution is -0.0770. The van der Waals surface area contributed by atoms with Crippen LogP contribution < -0.4 is 0 Å². The van der Waals surface area contributed by atoms with Crippen molar-refractivity contribution in [2.75, 3.05) is 6.61 Å². The molecule has 0 amide bonds. The van der Waals surface area contributed by atoms with E-state index < -0.39 is 13.9 Å². The summed E-state index contributed by atoms with van der Waals surface area (Å²) in [5.41, 5.74) is 0.623. The molecule has 2 nitrogen and oxygen atoms in total. The maximum absolute atomic E-state index is 11.6. The lowest BCUT2D eigenvalue weighted by Crippen LogP contribution is -2.49. The van der Waals surface area contributed by atoms with Gasteiger partial charge >= 0.3 is 0 Å². The first-order valence-electron chi connectivity index (χ1n) is 10.6. The van der Waals surface area contributed by atoms with Gasteiger partial charge < -0.3 is 9.53 Å². The Balaban J connectivity index is 2.02. The molecule has 0 aliphatic heterocycles. The summed E-state index contributed by atoms with van der Waals surface area (Å²) in [7, 11) is -1.71. The molecule has 150 valence electrons. The first kappa shape index (κ1) is 21.9. The average molecular weight is 379 g/mol. The summed E-state index contributed by atoms with van der Waals surface area (Å²) in [6, 6.07) is 0. The molecule has 26 heavy (non-hydrogen) atoms. The van der Waals surface area contributed by atoms with Crippen LogP contribution in [0.15, 0.2) is 23.8 Å². The molecule has 2 atom stereocenters. The molecule has 3 heteroatoms. The molecule has 0 aromatic rings. The van der Waals surface area contributed by atoms with Crippen molar-refractivity contribution in [3.8, 4) is 0 Å². The summed E-state index contributed by atoms with van der Waals surface area (Å²) in [5.74, 6) is 0.538. The van der Waals surface area contributed by atoms with Crippen LogP contribution in [0.3, 0.4) is 0 Å². The molecular weight excluding hydrogens is 336 g/mol. The van der Waals surface area contributed by atoms with Gasteiger partial charge in [-0.1, -0.05) is 58.4 Å². The minimum atomic E-state index is -1.71. The highest BCUT2D eigenvalue weighted by molar-refractivity contribution is 6.74. The third-order valence-corrected chi connectivity index (χ3v) is 12.0. The molecule has 0 spiro atoms. The van der Waals surface area contributed by atoms with Gasteiger partial charge in [-0.15, -0.1) is 0 Å². The smallest absolute Gasteiger partial charge is 0.191 e. The molecular formula is C23H42O2Si. The van der Waals surface area contributed by atoms with E-state index in [0.717, 1.165) is 32.3 Å². The van der Waals surface area contributed by atoms with E-state index >= 15 is 0 Å². The van der Waals surface area contributed by atoms with E-state index in [-0.39, 0.29) is 10.5 Å². The minimum absolute atomic E-state index is 0.173. The zero-order chi connectivity index (χ0) is 19.6. The zero-order valence-electron chi connectivity index (χ0n) is 18.3. The van der Waals surface area contributed by atoms with Gasteiger partial charge in [-0.3, -0.25) is 0 Å². The van der Waals surface area contributed by atoms with Gasteiger partial charge in [-0.2, -0.15) is 0 Å². The van der Waals surface area contributed by atoms with Crippen LogP contribution in [-0.4, -0.2) is 25.6 Å². The maximum atomic E-state index is 11.6. The van der Waals surface area contributed by atoms with Crippen molar-refractivity contribution < 1.29 is 9.53 Å². The Bertz CT molecular complexity index is 539. The lowest BCUT2D eigenvalue weighted by Gasteiger charge is -2.49. The number of hydrogen-bond acceptors (Lipinski definition) is 2. The van der Waals surface area contributed by atoms with E-state index in [1.54, 1.807) is 0 Å². The lowest BCUT2D eigenvalue weighted by atomic mass is 9.60. The van der Waals surface area contributed by atoms with E-state index in [0.29, 0.717) is 5.92 Å². The van der Waals surface area contributed by atoms with Crippen molar-refractivity contribution in [2.45, 2.75) is 103 Å². The zero-order valence-corrected chi connectivity index (χ0v) is 19.3. The normalized spacial score (nSPS) is 29.5. The van der Waals surface area contributed by atoms with Crippen molar-refractivity contribution in [1.82, 2.24) is 0 Å². The van der Waals surface area contributed by atoms with Crippen LogP contribution in [0.4, 0.5) is 0 Å². The molecule has 1 N–H and O–H groups in total. The van der Waals surface area contributed by atoms with Crippen LogP contribution in [0.2, 0.25) is 18.1 Å². The fourth-order valence-electron chi connectivity index (χ4n) is 4.24. The molecule has 2 aliphatic carbocycles. The third kappa shape index (κ3) is 4.72. The van der Waals surface area contributed by atoms with Crippen molar-refractivity contribution >= 4 is 8.32 Å². The molecule has 0 heterocycles. The highest BCUT2D eigenvalue weighted by Crippen LogP contribution is 2.50. The van der Waals surface area contributed by atoms with Crippen LogP contribution in [0.1, 0.15) is 79.6 Å². The Labute approximate surface area is 163 Å². The van der Waals surface area contributed by atoms with E-state index in [4.69, 9.17) is 4.43 Å². The van der Waals surface area contributed by atoms with Crippen molar-refractivity contribution in [1.29, 1.82) is 0 Å². The number of aliphatic hydroxyl groups is 1. The minimum Gasteiger partial charge on any atom is -0.417 e. The number of rotatable bonds is 6. The Morgan fingerprint density at radius 1 is 1.23 bits per heavy atom. The Kier molecular flexibility index (Phi) is 6.68. The van der Waals surface area contributed by atoms with Gasteiger partial charge in [-0.25, -0.2) is 0 Å². The van der Waals surface area contributed by atoms with Crippen LogP contribution in [0, 0.1) is 11.3 Å². The Hall–Kier alpha value is -0.383. The first-order valence-corrected chi connectivity index (χ1v) is 13.5. The standard InChI is InChI=1S/C23H42O2Si/c1-21(2,3)26(6,7)25-17-15-20-14-11-16-23(24,22(20,4)5)18-19-12-9-8-10-13-19/h9,12,14,19,24H,8,10-11,13,15-18H2,1-7H3. The van der Waals surface area contributed by atoms with Crippen LogP contribution in [0.25, 0.3) is 0 Å². The number of hydrogen-bond donors (Lipinski definition) is 1. The predicted octanol–water partition coefficient (Wildman–Crippen LogP) is 6.62. The van der Waals surface area contributed by atoms with E-state index in [2.05, 4.69) is 65.9 Å². The van der Waals surface area contributed by atoms with Gasteiger partial charge in [0.1, 0.15) is 0 Å². The molecule has 0 aromatic carbocycles. The van der Waals surface area contributed by atoms with Gasteiger partial charge in [0.05, 0.1) is 5.60 Å². The molecule has 2 unspecified atom stereocenters. The monoisotopic (exact) mass is 378 g/mol. The molecule has 0 saturated carbocycles. The summed E-state index contributed by atoms with van der Waals surface area (Å²) in [5, 5.41) is 11.9. The van der Waals surface area contributed by atoms with Crippen LogP contribution in [-0.2, 0) is 4.43 Å². The van der Waals surface area contributed by atoms with E-state index in [1.807, 2.05) is 0 Å². The molecule has 0 bridgehead atoms. The Morgan fingerprint density at radius 3 is 2.50 bits per heavy atom. The first-order chi connectivity index (χ1) is 11.9. The van der Waals surface area contributed by atoms with E-state index in [9.17, 15) is 5.11 Å². The van der Waals surface area contributed by atoms with Crippen molar-refractivity contribution in [3.63, 3.8) is 0 Å². The predicted molar refractivity (Wildman–Crippen MR) is 115 cm³/mol. The van der Waals surface area contributed by atoms with Gasteiger partial charge in [0, 0.05) is 12.0 Å². The second-order valence-electron chi connectivity index (χ2n) is 10.6. The summed E-state index contributed by atoms with van der Waals surface area (Å²) in [6.07, 6.45) is 14.4. The number of allylic oxidation sites excluding steroid dienone is 3. The summed E-state index contributed by atoms with van der Waals surface area (Å²) in [6.45, 7) is 16.8. The van der Waals surface area contributed by atoms with Gasteiger partial charge in [-0.05, 0) is 69.0 Å². The largest absolute Gasteiger partial charge is 0.417 e. The second kappa shape index (κ2) is 7.93. The molecule has 0 aromatic heterocycles. The van der Waals surface area contributed by atoms with Gasteiger partial charge in [0.25, 0.3) is 0 Å². The molecule has 0 fully saturated rings. The van der Waals surface area contributed by atoms with Crippen LogP contribution >= 0.6 is 0 Å². The highest BCUT2D eigenvalue weighted by atomic mass is 28.4. The molecule has 0 saturated heterocycles. The highest BCUT2D eigenvalue weighted by Gasteiger charge is 2.48. The summed E-state index contributed by atoms with van der Waals surface area (Å²) >= 11 is 0. The molecule has 2 rings (SSSR count). The van der Waals surface area contributed by atoms with Gasteiger partial charge in [0.2, 0.25) is 0 Å². The van der Waals surface area contributed by atoms with Gasteiger partial charge in [0.15, 0.2) is 8.32 Å². The topological polar surface area (TPSA) is 29.5 Å². The van der Waals surface area contributed by atoms with Crippen molar-refractivity contribution in [2.24, 2.45) is 11.3 Å². The SMILES string of the molecule is CC1(C)C(CCO[Si](C)(C)C(C)(C)C)=CCCC1(O)CC1C=CCCC1.